The van der Waals surface area contributed by atoms with Gasteiger partial charge < -0.3 is 20.6 Å². The van der Waals surface area contributed by atoms with Crippen molar-refractivity contribution in [3.63, 3.8) is 0 Å². The number of nitrogens with one attached hydrogen (secondary N) is 2. The third kappa shape index (κ3) is 4.57. The van der Waals surface area contributed by atoms with Gasteiger partial charge in [0.15, 0.2) is 0 Å². The molecule has 0 unspecified atom stereocenters. The molecule has 0 aliphatic carbocycles. The maximum atomic E-state index is 13.2. The second kappa shape index (κ2) is 9.23. The topological polar surface area (TPSA) is 92.9 Å². The molecule has 3 aromatic rings. The predicted octanol–water partition coefficient (Wildman–Crippen LogP) is 3.47. The molecule has 0 spiro atoms. The van der Waals surface area contributed by atoms with Gasteiger partial charge in [-0.2, -0.15) is 0 Å². The lowest BCUT2D eigenvalue weighted by Crippen LogP contribution is -2.28. The first-order valence-corrected chi connectivity index (χ1v) is 10.6. The molecule has 1 amide bonds. The third-order valence-corrected chi connectivity index (χ3v) is 5.69. The van der Waals surface area contributed by atoms with Crippen molar-refractivity contribution in [2.24, 2.45) is 5.73 Å². The quantitative estimate of drug-likeness (QED) is 0.554. The second-order valence-electron chi connectivity index (χ2n) is 8.03. The van der Waals surface area contributed by atoms with Crippen LogP contribution in [0, 0.1) is 32.6 Å². The molecule has 0 aliphatic rings. The Hall–Kier alpha value is -3.30. The number of aromatic nitrogens is 2. The van der Waals surface area contributed by atoms with Gasteiger partial charge in [0.1, 0.15) is 0 Å². The maximum absolute atomic E-state index is 13.2. The monoisotopic (exact) mass is 418 g/mol. The number of nitrogens with two attached hydrogens (primary N) is 1. The smallest absolute Gasteiger partial charge is 0.253 e. The van der Waals surface area contributed by atoms with E-state index in [2.05, 4.69) is 46.8 Å². The van der Waals surface area contributed by atoms with Crippen LogP contribution in [0.25, 0.3) is 10.9 Å². The number of hydrogen-bond donors (Lipinski definition) is 3. The van der Waals surface area contributed by atoms with Crippen molar-refractivity contribution in [2.75, 3.05) is 6.54 Å². The van der Waals surface area contributed by atoms with E-state index >= 15 is 0 Å². The maximum Gasteiger partial charge on any atom is 0.253 e. The van der Waals surface area contributed by atoms with Crippen LogP contribution in [0.3, 0.4) is 0 Å². The van der Waals surface area contributed by atoms with E-state index in [4.69, 9.17) is 5.73 Å². The number of aryl methyl sites for hydroxylation is 3. The largest absolute Gasteiger partial charge is 0.348 e. The molecule has 31 heavy (non-hydrogen) atoms. The van der Waals surface area contributed by atoms with E-state index in [1.165, 1.54) is 0 Å². The van der Waals surface area contributed by atoms with Gasteiger partial charge in [-0.15, -0.1) is 0 Å². The van der Waals surface area contributed by atoms with E-state index in [0.717, 1.165) is 39.7 Å². The van der Waals surface area contributed by atoms with Crippen molar-refractivity contribution in [1.29, 1.82) is 0 Å². The van der Waals surface area contributed by atoms with Gasteiger partial charge in [0.25, 0.3) is 11.5 Å². The number of fused-ring (bicyclic) bond motifs is 1. The summed E-state index contributed by atoms with van der Waals surface area (Å²) in [5.41, 5.74) is 10.9. The summed E-state index contributed by atoms with van der Waals surface area (Å²) in [5, 5.41) is 3.84. The number of amides is 1. The molecule has 0 bridgehead atoms. The molecule has 0 fully saturated rings. The number of rotatable bonds is 5. The number of hydrogen-bond acceptors (Lipinski definition) is 3. The first-order chi connectivity index (χ1) is 14.8. The lowest BCUT2D eigenvalue weighted by Gasteiger charge is -2.14. The fourth-order valence-corrected chi connectivity index (χ4v) is 3.92. The van der Waals surface area contributed by atoms with Crippen LogP contribution in [0.15, 0.2) is 29.2 Å². The Morgan fingerprint density at radius 2 is 1.97 bits per heavy atom. The highest BCUT2D eigenvalue weighted by molar-refractivity contribution is 6.08. The summed E-state index contributed by atoms with van der Waals surface area (Å²) in [6.07, 6.45) is 3.06. The Morgan fingerprint density at radius 1 is 1.23 bits per heavy atom. The molecule has 2 aromatic heterocycles. The molecule has 0 radical (unpaired) electrons. The average molecular weight is 419 g/mol. The fraction of sp³-hybridized carbons (Fsp3) is 0.360. The Kier molecular flexibility index (Phi) is 6.67. The van der Waals surface area contributed by atoms with Crippen molar-refractivity contribution in [2.45, 2.75) is 53.6 Å². The van der Waals surface area contributed by atoms with Crippen molar-refractivity contribution in [1.82, 2.24) is 14.9 Å². The average Bonchev–Trinajstić information content (AvgIpc) is 3.06. The Bertz CT molecular complexity index is 1250. The van der Waals surface area contributed by atoms with Crippen molar-refractivity contribution in [3.05, 3.63) is 68.3 Å². The summed E-state index contributed by atoms with van der Waals surface area (Å²) >= 11 is 0. The third-order valence-electron chi connectivity index (χ3n) is 5.69. The van der Waals surface area contributed by atoms with Crippen LogP contribution in [-0.4, -0.2) is 22.0 Å². The van der Waals surface area contributed by atoms with E-state index in [9.17, 15) is 9.59 Å². The summed E-state index contributed by atoms with van der Waals surface area (Å²) in [4.78, 5) is 28.4. The van der Waals surface area contributed by atoms with Gasteiger partial charge in [0.05, 0.1) is 17.6 Å². The van der Waals surface area contributed by atoms with E-state index in [-0.39, 0.29) is 24.6 Å². The van der Waals surface area contributed by atoms with Crippen LogP contribution >= 0.6 is 0 Å². The molecule has 162 valence electrons. The van der Waals surface area contributed by atoms with E-state index < -0.39 is 0 Å². The molecular weight excluding hydrogens is 388 g/mol. The van der Waals surface area contributed by atoms with E-state index in [0.29, 0.717) is 17.2 Å². The first-order valence-electron chi connectivity index (χ1n) is 10.6. The van der Waals surface area contributed by atoms with Crippen LogP contribution < -0.4 is 16.6 Å². The predicted molar refractivity (Wildman–Crippen MR) is 125 cm³/mol. The molecule has 6 heteroatoms. The molecule has 0 saturated heterocycles. The highest BCUT2D eigenvalue weighted by Gasteiger charge is 2.19. The van der Waals surface area contributed by atoms with Gasteiger partial charge >= 0.3 is 0 Å². The normalized spacial score (nSPS) is 11.8. The number of carbonyl (C=O) groups excluding carboxylic acids is 1. The number of nitrogens with zero attached hydrogens (tertiary/aromatic N) is 1. The van der Waals surface area contributed by atoms with Crippen LogP contribution in [0.2, 0.25) is 0 Å². The van der Waals surface area contributed by atoms with E-state index in [1.54, 1.807) is 6.07 Å². The zero-order chi connectivity index (χ0) is 22.7. The summed E-state index contributed by atoms with van der Waals surface area (Å²) in [5.74, 6) is 5.70. The summed E-state index contributed by atoms with van der Waals surface area (Å²) in [7, 11) is 0. The van der Waals surface area contributed by atoms with Crippen LogP contribution in [-0.2, 0) is 6.54 Å². The van der Waals surface area contributed by atoms with Crippen LogP contribution in [0.5, 0.6) is 0 Å². The molecule has 0 aliphatic heterocycles. The van der Waals surface area contributed by atoms with Gasteiger partial charge in [-0.3, -0.25) is 9.59 Å². The Balaban J connectivity index is 2.06. The SMILES string of the molecule is CC[C@H](C)n1cc(C)c2c(C(=O)NCc3c(C)cc(C)[nH]c3=O)cc(C#CCN)cc21. The van der Waals surface area contributed by atoms with Gasteiger partial charge in [-0.05, 0) is 63.4 Å². The molecule has 0 saturated carbocycles. The number of pyridine rings is 1. The zero-order valence-corrected chi connectivity index (χ0v) is 18.8. The molecule has 2 heterocycles. The lowest BCUT2D eigenvalue weighted by atomic mass is 10.0. The standard InChI is InChI=1S/C25H30N4O2/c1-6-18(5)29-14-16(3)23-20(11-19(8-7-9-26)12-22(23)29)24(30)27-13-21-15(2)10-17(4)28-25(21)31/h10-12,14,18H,6,9,13,26H2,1-5H3,(H,27,30)(H,28,31)/t18-/m0/s1. The van der Waals surface area contributed by atoms with Gasteiger partial charge in [-0.25, -0.2) is 0 Å². The van der Waals surface area contributed by atoms with Gasteiger partial charge in [0, 0.05) is 41.0 Å². The number of carbonyl (C=O) groups is 1. The molecular formula is C25H30N4O2. The minimum Gasteiger partial charge on any atom is -0.348 e. The fourth-order valence-electron chi connectivity index (χ4n) is 3.92. The summed E-state index contributed by atoms with van der Waals surface area (Å²) in [6, 6.07) is 6.02. The number of benzene rings is 1. The molecule has 4 N–H and O–H groups in total. The van der Waals surface area contributed by atoms with Crippen LogP contribution in [0.1, 0.15) is 64.6 Å². The van der Waals surface area contributed by atoms with Gasteiger partial charge in [0.2, 0.25) is 0 Å². The summed E-state index contributed by atoms with van der Waals surface area (Å²) < 4.78 is 2.20. The molecule has 1 atom stereocenters. The minimum atomic E-state index is -0.231. The van der Waals surface area contributed by atoms with Crippen molar-refractivity contribution in [3.8, 4) is 11.8 Å². The van der Waals surface area contributed by atoms with Crippen LogP contribution in [0.4, 0.5) is 0 Å². The van der Waals surface area contributed by atoms with Gasteiger partial charge in [-0.1, -0.05) is 18.8 Å². The second-order valence-corrected chi connectivity index (χ2v) is 8.03. The molecule has 3 rings (SSSR count). The Morgan fingerprint density at radius 3 is 2.61 bits per heavy atom. The minimum absolute atomic E-state index is 0.158. The Labute approximate surface area is 182 Å². The summed E-state index contributed by atoms with van der Waals surface area (Å²) in [6.45, 7) is 10.4. The van der Waals surface area contributed by atoms with E-state index in [1.807, 2.05) is 32.9 Å². The number of aromatic amines is 1. The highest BCUT2D eigenvalue weighted by Crippen LogP contribution is 2.30. The first kappa shape index (κ1) is 22.4. The molecule has 1 aromatic carbocycles. The lowest BCUT2D eigenvalue weighted by molar-refractivity contribution is 0.0952. The van der Waals surface area contributed by atoms with Crippen molar-refractivity contribution < 1.29 is 4.79 Å². The molecule has 6 nitrogen and oxygen atoms in total. The zero-order valence-electron chi connectivity index (χ0n) is 18.8. The number of H-pyrrole nitrogens is 1. The van der Waals surface area contributed by atoms with Crippen molar-refractivity contribution >= 4 is 16.8 Å². The highest BCUT2D eigenvalue weighted by atomic mass is 16.1.